The largest absolute Gasteiger partial charge is 0.494 e. The van der Waals surface area contributed by atoms with Crippen LogP contribution < -0.4 is 10.5 Å². The first-order chi connectivity index (χ1) is 14.6. The number of carbonyl (C=O) groups is 1. The van der Waals surface area contributed by atoms with Gasteiger partial charge in [0, 0.05) is 11.3 Å². The highest BCUT2D eigenvalue weighted by Gasteiger charge is 2.22. The molecule has 2 N–H and O–H groups in total. The third-order valence-electron chi connectivity index (χ3n) is 4.31. The first-order valence-electron chi connectivity index (χ1n) is 9.22. The van der Waals surface area contributed by atoms with Gasteiger partial charge in [0.2, 0.25) is 0 Å². The molecule has 2 aromatic heterocycles. The van der Waals surface area contributed by atoms with E-state index in [0.717, 1.165) is 17.0 Å². The number of carbonyl (C=O) groups excluding carboxylic acids is 1. The van der Waals surface area contributed by atoms with Crippen LogP contribution >= 0.6 is 21.6 Å². The number of primary amides is 1. The summed E-state index contributed by atoms with van der Waals surface area (Å²) in [5, 5.41) is 0.698. The zero-order chi connectivity index (χ0) is 21.1. The average Bonchev–Trinajstić information content (AvgIpc) is 3.12. The number of ether oxygens (including phenoxy) is 1. The van der Waals surface area contributed by atoms with Crippen molar-refractivity contribution in [1.29, 1.82) is 0 Å². The van der Waals surface area contributed by atoms with Crippen molar-refractivity contribution >= 4 is 38.7 Å². The van der Waals surface area contributed by atoms with Crippen molar-refractivity contribution in [3.63, 3.8) is 0 Å². The van der Waals surface area contributed by atoms with Gasteiger partial charge in [0.25, 0.3) is 5.91 Å². The Kier molecular flexibility index (Phi) is 5.91. The fourth-order valence-electron chi connectivity index (χ4n) is 3.05. The molecule has 2 heterocycles. The summed E-state index contributed by atoms with van der Waals surface area (Å²) in [5.74, 6) is 0.510. The van der Waals surface area contributed by atoms with Crippen molar-refractivity contribution in [3.05, 3.63) is 60.3 Å². The molecule has 0 aliphatic carbocycles. The molecule has 0 saturated heterocycles. The van der Waals surface area contributed by atoms with Gasteiger partial charge in [0.05, 0.1) is 6.61 Å². The second-order valence-electron chi connectivity index (χ2n) is 6.21. The normalized spacial score (nSPS) is 11.0. The summed E-state index contributed by atoms with van der Waals surface area (Å²) in [6.45, 7) is 2.51. The highest BCUT2D eigenvalue weighted by molar-refractivity contribution is 8.76. The molecule has 0 saturated carbocycles. The van der Waals surface area contributed by atoms with E-state index in [2.05, 4.69) is 9.97 Å². The van der Waals surface area contributed by atoms with Crippen LogP contribution in [0.3, 0.4) is 0 Å². The number of para-hydroxylation sites is 1. The summed E-state index contributed by atoms with van der Waals surface area (Å²) >= 11 is 0. The lowest BCUT2D eigenvalue weighted by atomic mass is 10.2. The number of aromatic nitrogens is 4. The van der Waals surface area contributed by atoms with Crippen molar-refractivity contribution in [2.24, 2.45) is 5.73 Å². The summed E-state index contributed by atoms with van der Waals surface area (Å²) in [7, 11) is 3.04. The van der Waals surface area contributed by atoms with E-state index < -0.39 is 5.91 Å². The Morgan fingerprint density at radius 1 is 1.07 bits per heavy atom. The minimum atomic E-state index is -0.645. The Morgan fingerprint density at radius 2 is 1.80 bits per heavy atom. The van der Waals surface area contributed by atoms with Crippen LogP contribution in [-0.2, 0) is 0 Å². The van der Waals surface area contributed by atoms with Gasteiger partial charge in [0.15, 0.2) is 22.3 Å². The van der Waals surface area contributed by atoms with Crippen LogP contribution in [0.2, 0.25) is 0 Å². The Bertz CT molecular complexity index is 1190. The van der Waals surface area contributed by atoms with Gasteiger partial charge in [-0.05, 0) is 60.4 Å². The van der Waals surface area contributed by atoms with Gasteiger partial charge in [-0.1, -0.05) is 29.0 Å². The fraction of sp³-hybridized carbons (Fsp3) is 0.143. The molecule has 152 valence electrons. The Hall–Kier alpha value is -3.04. The summed E-state index contributed by atoms with van der Waals surface area (Å²) < 4.78 is 7.42. The predicted molar refractivity (Wildman–Crippen MR) is 121 cm³/mol. The fourth-order valence-corrected chi connectivity index (χ4v) is 4.37. The predicted octanol–water partition coefficient (Wildman–Crippen LogP) is 4.35. The van der Waals surface area contributed by atoms with Crippen molar-refractivity contribution in [2.75, 3.05) is 12.9 Å². The van der Waals surface area contributed by atoms with Crippen LogP contribution in [0, 0.1) is 0 Å². The van der Waals surface area contributed by atoms with Crippen LogP contribution in [0.1, 0.15) is 17.4 Å². The number of benzene rings is 2. The molecule has 2 aromatic carbocycles. The number of nitrogens with zero attached hydrogens (tertiary/aromatic N) is 4. The van der Waals surface area contributed by atoms with Gasteiger partial charge in [-0.15, -0.1) is 0 Å². The molecule has 9 heteroatoms. The van der Waals surface area contributed by atoms with E-state index in [1.54, 1.807) is 10.8 Å². The Labute approximate surface area is 181 Å². The van der Waals surface area contributed by atoms with E-state index in [4.69, 9.17) is 15.5 Å². The van der Waals surface area contributed by atoms with Crippen molar-refractivity contribution < 1.29 is 9.53 Å². The van der Waals surface area contributed by atoms with Gasteiger partial charge in [-0.2, -0.15) is 0 Å². The number of imidazole rings is 1. The topological polar surface area (TPSA) is 95.9 Å². The van der Waals surface area contributed by atoms with E-state index >= 15 is 0 Å². The van der Waals surface area contributed by atoms with Gasteiger partial charge in [-0.3, -0.25) is 9.36 Å². The molecule has 0 radical (unpaired) electrons. The molecular weight excluding hydrogens is 418 g/mol. The number of hydrogen-bond donors (Lipinski definition) is 1. The van der Waals surface area contributed by atoms with Gasteiger partial charge in [-0.25, -0.2) is 15.0 Å². The molecule has 0 spiro atoms. The first-order valence-corrected chi connectivity index (χ1v) is 11.8. The average molecular weight is 438 g/mol. The quantitative estimate of drug-likeness (QED) is 0.429. The van der Waals surface area contributed by atoms with E-state index in [-0.39, 0.29) is 5.69 Å². The third-order valence-corrected chi connectivity index (χ3v) is 5.84. The van der Waals surface area contributed by atoms with Crippen molar-refractivity contribution in [2.45, 2.75) is 12.1 Å². The van der Waals surface area contributed by atoms with Crippen LogP contribution in [0.4, 0.5) is 0 Å². The zero-order valence-corrected chi connectivity index (χ0v) is 18.0. The van der Waals surface area contributed by atoms with Crippen molar-refractivity contribution in [1.82, 2.24) is 19.5 Å². The van der Waals surface area contributed by atoms with Crippen LogP contribution in [0.25, 0.3) is 28.2 Å². The second-order valence-corrected chi connectivity index (χ2v) is 8.57. The third kappa shape index (κ3) is 3.86. The number of rotatable bonds is 7. The van der Waals surface area contributed by atoms with Crippen LogP contribution in [-0.4, -0.2) is 38.3 Å². The molecule has 0 aliphatic heterocycles. The standard InChI is InChI=1S/C21H19N5O2S2/c1-3-28-15-11-9-13(10-12-15)19-23-16(18(22)27)17-20(25-19)26(21(24-17)30-29-2)14-7-5-4-6-8-14/h4-12H,3H2,1-2H3,(H2,22,27). The SMILES string of the molecule is CCOc1ccc(-c2nc(C(N)=O)c3nc(SSC)n(-c4ccccc4)c3n2)cc1. The number of nitrogens with two attached hydrogens (primary N) is 1. The van der Waals surface area contributed by atoms with Gasteiger partial charge >= 0.3 is 0 Å². The molecule has 0 fully saturated rings. The molecule has 4 aromatic rings. The molecule has 0 atom stereocenters. The smallest absolute Gasteiger partial charge is 0.269 e. The molecule has 0 unspecified atom stereocenters. The van der Waals surface area contributed by atoms with Crippen molar-refractivity contribution in [3.8, 4) is 22.8 Å². The molecular formula is C21H19N5O2S2. The van der Waals surface area contributed by atoms with E-state index in [9.17, 15) is 4.79 Å². The molecule has 4 rings (SSSR count). The highest BCUT2D eigenvalue weighted by Crippen LogP contribution is 2.34. The Balaban J connectivity index is 1.96. The number of fused-ring (bicyclic) bond motifs is 1. The van der Waals surface area contributed by atoms with Gasteiger partial charge in [0.1, 0.15) is 11.3 Å². The molecule has 1 amide bonds. The number of amides is 1. The maximum Gasteiger partial charge on any atom is 0.269 e. The van der Waals surface area contributed by atoms with Crippen LogP contribution in [0.15, 0.2) is 59.8 Å². The molecule has 0 aliphatic rings. The maximum atomic E-state index is 12.2. The van der Waals surface area contributed by atoms with Crippen LogP contribution in [0.5, 0.6) is 5.75 Å². The first kappa shape index (κ1) is 20.2. The van der Waals surface area contributed by atoms with Gasteiger partial charge < -0.3 is 10.5 Å². The minimum absolute atomic E-state index is 0.0986. The summed E-state index contributed by atoms with van der Waals surface area (Å²) in [6, 6.07) is 17.2. The maximum absolute atomic E-state index is 12.2. The Morgan fingerprint density at radius 3 is 2.43 bits per heavy atom. The van der Waals surface area contributed by atoms with E-state index in [1.807, 2.05) is 72.3 Å². The molecule has 7 nitrogen and oxygen atoms in total. The minimum Gasteiger partial charge on any atom is -0.494 e. The van der Waals surface area contributed by atoms with E-state index in [0.29, 0.717) is 28.8 Å². The summed E-state index contributed by atoms with van der Waals surface area (Å²) in [4.78, 5) is 26.0. The number of hydrogen-bond acceptors (Lipinski definition) is 7. The summed E-state index contributed by atoms with van der Waals surface area (Å²) in [6.07, 6.45) is 1.96. The van der Waals surface area contributed by atoms with E-state index in [1.165, 1.54) is 10.8 Å². The lowest BCUT2D eigenvalue weighted by Crippen LogP contribution is -2.15. The highest BCUT2D eigenvalue weighted by atomic mass is 33.1. The molecule has 0 bridgehead atoms. The lowest BCUT2D eigenvalue weighted by Gasteiger charge is -2.09. The molecule has 30 heavy (non-hydrogen) atoms. The lowest BCUT2D eigenvalue weighted by molar-refractivity contribution is 0.0997. The monoisotopic (exact) mass is 437 g/mol. The second kappa shape index (κ2) is 8.76. The zero-order valence-electron chi connectivity index (χ0n) is 16.4. The summed E-state index contributed by atoms with van der Waals surface area (Å²) in [5.41, 5.74) is 8.31.